The molecule has 1 aliphatic carbocycles. The highest BCUT2D eigenvalue weighted by Gasteiger charge is 2.26. The summed E-state index contributed by atoms with van der Waals surface area (Å²) in [5.74, 6) is 0.0544. The topological polar surface area (TPSA) is 49.3 Å². The molecule has 0 saturated heterocycles. The predicted molar refractivity (Wildman–Crippen MR) is 46.6 cm³/mol. The fourth-order valence-electron chi connectivity index (χ4n) is 1.46. The molecule has 0 heterocycles. The number of amides is 1. The first-order valence-corrected chi connectivity index (χ1v) is 4.59. The molecule has 12 heavy (non-hydrogen) atoms. The molecular weight excluding hydrogens is 154 g/mol. The third-order valence-electron chi connectivity index (χ3n) is 2.33. The van der Waals surface area contributed by atoms with Crippen LogP contribution in [0.3, 0.4) is 0 Å². The molecule has 2 N–H and O–H groups in total. The predicted octanol–water partition coefficient (Wildman–Crippen LogP) is 0.672. The molecule has 0 aromatic rings. The number of carbonyl (C=O) groups excluding carboxylic acids is 1. The number of hydrogen-bond acceptors (Lipinski definition) is 2. The van der Waals surface area contributed by atoms with Gasteiger partial charge in [0.15, 0.2) is 0 Å². The highest BCUT2D eigenvalue weighted by Crippen LogP contribution is 2.18. The zero-order valence-electron chi connectivity index (χ0n) is 7.71. The lowest BCUT2D eigenvalue weighted by molar-refractivity contribution is -0.125. The van der Waals surface area contributed by atoms with E-state index in [1.54, 1.807) is 0 Å². The Morgan fingerprint density at radius 2 is 2.17 bits per heavy atom. The average molecular weight is 171 g/mol. The molecule has 0 spiro atoms. The van der Waals surface area contributed by atoms with Gasteiger partial charge in [0.1, 0.15) is 0 Å². The maximum absolute atomic E-state index is 11.2. The van der Waals surface area contributed by atoms with E-state index in [1.807, 2.05) is 13.8 Å². The number of nitrogens with one attached hydrogen (secondary N) is 1. The number of carbonyl (C=O) groups is 1. The molecule has 1 rings (SSSR count). The van der Waals surface area contributed by atoms with Gasteiger partial charge in [-0.3, -0.25) is 4.79 Å². The zero-order chi connectivity index (χ0) is 9.14. The van der Waals surface area contributed by atoms with Crippen LogP contribution in [0.2, 0.25) is 0 Å². The van der Waals surface area contributed by atoms with Gasteiger partial charge in [-0.1, -0.05) is 13.8 Å². The number of hydrogen-bond donors (Lipinski definition) is 2. The molecular formula is C9H17NO2. The summed E-state index contributed by atoms with van der Waals surface area (Å²) in [6.45, 7) is 3.72. The normalized spacial score (nSPS) is 29.3. The summed E-state index contributed by atoms with van der Waals surface area (Å²) >= 11 is 0. The minimum atomic E-state index is -0.326. The van der Waals surface area contributed by atoms with Gasteiger partial charge in [0, 0.05) is 5.92 Å². The summed E-state index contributed by atoms with van der Waals surface area (Å²) in [7, 11) is 0. The van der Waals surface area contributed by atoms with Crippen molar-refractivity contribution < 1.29 is 9.90 Å². The van der Waals surface area contributed by atoms with E-state index in [1.165, 1.54) is 0 Å². The Hall–Kier alpha value is -0.570. The second-order valence-electron chi connectivity index (χ2n) is 3.77. The van der Waals surface area contributed by atoms with Gasteiger partial charge in [0.2, 0.25) is 5.91 Å². The molecule has 0 bridgehead atoms. The Labute approximate surface area is 73.2 Å². The fraction of sp³-hybridized carbons (Fsp3) is 0.889. The average Bonchev–Trinajstić information content (AvgIpc) is 2.36. The van der Waals surface area contributed by atoms with Crippen LogP contribution >= 0.6 is 0 Å². The highest BCUT2D eigenvalue weighted by molar-refractivity contribution is 5.78. The van der Waals surface area contributed by atoms with Crippen molar-refractivity contribution in [3.8, 4) is 0 Å². The Balaban J connectivity index is 2.35. The van der Waals surface area contributed by atoms with E-state index < -0.39 is 0 Å². The fourth-order valence-corrected chi connectivity index (χ4v) is 1.46. The van der Waals surface area contributed by atoms with Crippen LogP contribution in [0.5, 0.6) is 0 Å². The third-order valence-corrected chi connectivity index (χ3v) is 2.33. The van der Waals surface area contributed by atoms with E-state index in [0.29, 0.717) is 0 Å². The number of aliphatic hydroxyl groups is 1. The molecule has 0 unspecified atom stereocenters. The summed E-state index contributed by atoms with van der Waals surface area (Å²) in [6, 6.07) is -0.0000926. The summed E-state index contributed by atoms with van der Waals surface area (Å²) in [4.78, 5) is 11.2. The molecule has 1 aliphatic rings. The van der Waals surface area contributed by atoms with Gasteiger partial charge < -0.3 is 10.4 Å². The van der Waals surface area contributed by atoms with Crippen molar-refractivity contribution in [2.24, 2.45) is 5.92 Å². The van der Waals surface area contributed by atoms with E-state index in [0.717, 1.165) is 19.3 Å². The van der Waals surface area contributed by atoms with Gasteiger partial charge in [-0.2, -0.15) is 0 Å². The lowest BCUT2D eigenvalue weighted by Crippen LogP contribution is -2.41. The summed E-state index contributed by atoms with van der Waals surface area (Å²) < 4.78 is 0. The number of rotatable bonds is 2. The van der Waals surface area contributed by atoms with Gasteiger partial charge in [0.05, 0.1) is 12.1 Å². The summed E-state index contributed by atoms with van der Waals surface area (Å²) in [5.41, 5.74) is 0. The minimum absolute atomic E-state index is 0.0000926. The van der Waals surface area contributed by atoms with Crippen molar-refractivity contribution in [3.05, 3.63) is 0 Å². The molecule has 0 aromatic carbocycles. The molecule has 1 fully saturated rings. The van der Waals surface area contributed by atoms with E-state index in [4.69, 9.17) is 0 Å². The van der Waals surface area contributed by atoms with Crippen molar-refractivity contribution >= 4 is 5.91 Å². The molecule has 70 valence electrons. The van der Waals surface area contributed by atoms with Crippen LogP contribution in [0.4, 0.5) is 0 Å². The van der Waals surface area contributed by atoms with Crippen LogP contribution in [-0.2, 0) is 4.79 Å². The van der Waals surface area contributed by atoms with Crippen molar-refractivity contribution in [1.82, 2.24) is 5.32 Å². The van der Waals surface area contributed by atoms with Gasteiger partial charge >= 0.3 is 0 Å². The summed E-state index contributed by atoms with van der Waals surface area (Å²) in [5, 5.41) is 12.2. The zero-order valence-corrected chi connectivity index (χ0v) is 7.71. The maximum atomic E-state index is 11.2. The van der Waals surface area contributed by atoms with Gasteiger partial charge in [-0.25, -0.2) is 0 Å². The van der Waals surface area contributed by atoms with E-state index >= 15 is 0 Å². The lowest BCUT2D eigenvalue weighted by atomic mass is 10.1. The molecule has 1 amide bonds. The first-order chi connectivity index (χ1) is 5.61. The molecule has 3 heteroatoms. The molecule has 0 aromatic heterocycles. The van der Waals surface area contributed by atoms with Crippen LogP contribution < -0.4 is 5.32 Å². The highest BCUT2D eigenvalue weighted by atomic mass is 16.3. The van der Waals surface area contributed by atoms with Crippen LogP contribution in [-0.4, -0.2) is 23.2 Å². The van der Waals surface area contributed by atoms with Crippen LogP contribution in [0.15, 0.2) is 0 Å². The van der Waals surface area contributed by atoms with Crippen molar-refractivity contribution in [2.45, 2.75) is 45.3 Å². The van der Waals surface area contributed by atoms with Crippen LogP contribution in [0, 0.1) is 5.92 Å². The monoisotopic (exact) mass is 171 g/mol. The largest absolute Gasteiger partial charge is 0.391 e. The van der Waals surface area contributed by atoms with Gasteiger partial charge in [-0.05, 0) is 19.3 Å². The smallest absolute Gasteiger partial charge is 0.222 e. The van der Waals surface area contributed by atoms with Crippen LogP contribution in [0.1, 0.15) is 33.1 Å². The van der Waals surface area contributed by atoms with Crippen molar-refractivity contribution in [1.29, 1.82) is 0 Å². The van der Waals surface area contributed by atoms with E-state index in [2.05, 4.69) is 5.32 Å². The molecule has 0 aliphatic heterocycles. The van der Waals surface area contributed by atoms with Gasteiger partial charge in [0.25, 0.3) is 0 Å². The Morgan fingerprint density at radius 1 is 1.50 bits per heavy atom. The molecule has 1 saturated carbocycles. The lowest BCUT2D eigenvalue weighted by Gasteiger charge is -2.17. The first-order valence-electron chi connectivity index (χ1n) is 4.59. The van der Waals surface area contributed by atoms with E-state index in [-0.39, 0.29) is 24.0 Å². The van der Waals surface area contributed by atoms with Crippen molar-refractivity contribution in [2.75, 3.05) is 0 Å². The second-order valence-corrected chi connectivity index (χ2v) is 3.77. The van der Waals surface area contributed by atoms with E-state index in [9.17, 15) is 9.90 Å². The quantitative estimate of drug-likeness (QED) is 0.641. The molecule has 0 radical (unpaired) electrons. The maximum Gasteiger partial charge on any atom is 0.222 e. The van der Waals surface area contributed by atoms with Crippen molar-refractivity contribution in [3.63, 3.8) is 0 Å². The first kappa shape index (κ1) is 9.52. The van der Waals surface area contributed by atoms with Crippen LogP contribution in [0.25, 0.3) is 0 Å². The Kier molecular flexibility index (Phi) is 3.09. The standard InChI is InChI=1S/C9H17NO2/c1-6(2)9(12)10-7-4-3-5-8(7)11/h6-8,11H,3-5H2,1-2H3,(H,10,12)/t7-,8+/m1/s1. The molecule has 2 atom stereocenters. The summed E-state index contributed by atoms with van der Waals surface area (Å²) in [6.07, 6.45) is 2.43. The Bertz CT molecular complexity index is 168. The third kappa shape index (κ3) is 2.21. The second kappa shape index (κ2) is 3.90. The SMILES string of the molecule is CC(C)C(=O)N[C@@H]1CCC[C@@H]1O. The minimum Gasteiger partial charge on any atom is -0.391 e. The number of aliphatic hydroxyl groups excluding tert-OH is 1. The Morgan fingerprint density at radius 3 is 2.58 bits per heavy atom. The van der Waals surface area contributed by atoms with Gasteiger partial charge in [-0.15, -0.1) is 0 Å². The molecule has 3 nitrogen and oxygen atoms in total.